The van der Waals surface area contributed by atoms with E-state index in [1.165, 1.54) is 5.56 Å². The van der Waals surface area contributed by atoms with Crippen molar-refractivity contribution in [1.82, 2.24) is 13.9 Å². The van der Waals surface area contributed by atoms with Crippen LogP contribution in [-0.4, -0.2) is 35.3 Å². The Morgan fingerprint density at radius 1 is 0.824 bits per heavy atom. The first-order valence-electron chi connectivity index (χ1n) is 11.4. The lowest BCUT2D eigenvalue weighted by Gasteiger charge is -2.14. The monoisotopic (exact) mass is 481 g/mol. The molecule has 0 amide bonds. The number of nitrogens with zero attached hydrogens (tertiary/aromatic N) is 3. The third-order valence-electron chi connectivity index (χ3n) is 4.83. The van der Waals surface area contributed by atoms with Crippen LogP contribution in [0.15, 0.2) is 53.7 Å². The normalized spacial score (nSPS) is 10.0. The summed E-state index contributed by atoms with van der Waals surface area (Å²) in [6.07, 6.45) is 3.84. The van der Waals surface area contributed by atoms with E-state index in [0.29, 0.717) is 17.2 Å². The molecule has 0 saturated carbocycles. The summed E-state index contributed by atoms with van der Waals surface area (Å²) in [5, 5.41) is 0. The van der Waals surface area contributed by atoms with E-state index >= 15 is 0 Å². The van der Waals surface area contributed by atoms with Crippen LogP contribution in [0.1, 0.15) is 38.8 Å². The quantitative estimate of drug-likeness (QED) is 0.287. The number of hydrogen-bond acceptors (Lipinski definition) is 6. The Bertz CT molecular complexity index is 1180. The Hall–Kier alpha value is -3.19. The van der Waals surface area contributed by atoms with Gasteiger partial charge in [-0.2, -0.15) is 0 Å². The summed E-state index contributed by atoms with van der Waals surface area (Å²) >= 11 is 1.62. The topological polar surface area (TPSA) is 58.4 Å². The molecule has 0 fully saturated rings. The highest BCUT2D eigenvalue weighted by Crippen LogP contribution is 2.41. The number of aromatic nitrogens is 3. The molecule has 0 aliphatic heterocycles. The van der Waals surface area contributed by atoms with Gasteiger partial charge in [0.1, 0.15) is 5.52 Å². The van der Waals surface area contributed by atoms with Crippen molar-refractivity contribution in [2.24, 2.45) is 0 Å². The number of methoxy groups -OCH3 is 3. The van der Waals surface area contributed by atoms with Crippen LogP contribution in [-0.2, 0) is 0 Å². The maximum Gasteiger partial charge on any atom is 0.203 e. The van der Waals surface area contributed by atoms with Crippen LogP contribution in [0.5, 0.6) is 17.2 Å². The minimum absolute atomic E-state index is 0.551. The van der Waals surface area contributed by atoms with Gasteiger partial charge in [-0.15, -0.1) is 0 Å². The van der Waals surface area contributed by atoms with E-state index in [0.717, 1.165) is 32.9 Å². The van der Waals surface area contributed by atoms with Gasteiger partial charge in [-0.25, -0.2) is 9.97 Å². The molecular weight excluding hydrogens is 446 g/mol. The molecule has 2 heterocycles. The van der Waals surface area contributed by atoms with E-state index in [1.807, 2.05) is 46.8 Å². The van der Waals surface area contributed by atoms with Crippen molar-refractivity contribution in [2.75, 3.05) is 21.3 Å². The fourth-order valence-corrected chi connectivity index (χ4v) is 4.17. The molecule has 0 aliphatic rings. The third-order valence-corrected chi connectivity index (χ3v) is 5.79. The molecule has 0 N–H and O–H groups in total. The van der Waals surface area contributed by atoms with Gasteiger partial charge in [0.05, 0.1) is 33.2 Å². The summed E-state index contributed by atoms with van der Waals surface area (Å²) in [7, 11) is 4.79. The lowest BCUT2D eigenvalue weighted by Crippen LogP contribution is -1.97. The zero-order valence-corrected chi connectivity index (χ0v) is 22.4. The van der Waals surface area contributed by atoms with E-state index in [1.54, 1.807) is 39.5 Å². The van der Waals surface area contributed by atoms with Crippen molar-refractivity contribution in [3.05, 3.63) is 59.9 Å². The van der Waals surface area contributed by atoms with Crippen LogP contribution >= 0.6 is 11.9 Å². The molecule has 4 aromatic rings. The summed E-state index contributed by atoms with van der Waals surface area (Å²) in [5.74, 6) is 1.71. The number of rotatable bonds is 6. The zero-order valence-electron chi connectivity index (χ0n) is 21.6. The van der Waals surface area contributed by atoms with E-state index < -0.39 is 0 Å². The number of hydrogen-bond donors (Lipinski definition) is 0. The molecule has 0 atom stereocenters. The van der Waals surface area contributed by atoms with Gasteiger partial charge in [0.25, 0.3) is 0 Å². The minimum atomic E-state index is 0.551. The average molecular weight is 482 g/mol. The molecule has 6 nitrogen and oxygen atoms in total. The molecule has 2 aromatic heterocycles. The van der Waals surface area contributed by atoms with Crippen LogP contribution in [0, 0.1) is 13.8 Å². The molecule has 4 rings (SSSR count). The molecule has 0 aliphatic carbocycles. The minimum Gasteiger partial charge on any atom is -0.493 e. The van der Waals surface area contributed by atoms with Gasteiger partial charge in [-0.3, -0.25) is 3.97 Å². The van der Waals surface area contributed by atoms with Crippen LogP contribution < -0.4 is 14.2 Å². The van der Waals surface area contributed by atoms with Crippen LogP contribution in [0.3, 0.4) is 0 Å². The molecule has 0 bridgehead atoms. The van der Waals surface area contributed by atoms with Crippen LogP contribution in [0.4, 0.5) is 0 Å². The van der Waals surface area contributed by atoms with Crippen molar-refractivity contribution >= 4 is 23.1 Å². The SMILES string of the molecule is CC.CC.COc1cc(-c2cnc3c(n2)c(C)cn3Sc2ccc(C)cc2)cc(OC)c1OC. The predicted molar refractivity (Wildman–Crippen MR) is 142 cm³/mol. The van der Waals surface area contributed by atoms with Gasteiger partial charge in [-0.1, -0.05) is 45.4 Å². The first kappa shape index (κ1) is 27.1. The Balaban J connectivity index is 0.000000970. The van der Waals surface area contributed by atoms with E-state index in [-0.39, 0.29) is 0 Å². The number of fused-ring (bicyclic) bond motifs is 1. The zero-order chi connectivity index (χ0) is 25.3. The van der Waals surface area contributed by atoms with Gasteiger partial charge < -0.3 is 14.2 Å². The highest BCUT2D eigenvalue weighted by molar-refractivity contribution is 7.98. The maximum absolute atomic E-state index is 5.47. The molecule has 182 valence electrons. The van der Waals surface area contributed by atoms with Crippen LogP contribution in [0.2, 0.25) is 0 Å². The van der Waals surface area contributed by atoms with E-state index in [9.17, 15) is 0 Å². The standard InChI is InChI=1S/C23H23N3O3S.2C2H6/c1-14-6-8-17(9-7-14)30-26-13-15(2)21-23(26)24-12-18(25-21)16-10-19(27-3)22(29-5)20(11-16)28-4;2*1-2/h6-13H,1-5H3;2*1-2H3. The van der Waals surface area contributed by atoms with Gasteiger partial charge in [0.2, 0.25) is 5.75 Å². The largest absolute Gasteiger partial charge is 0.493 e. The van der Waals surface area contributed by atoms with Gasteiger partial charge in [0, 0.05) is 16.7 Å². The van der Waals surface area contributed by atoms with Crippen LogP contribution in [0.25, 0.3) is 22.4 Å². The maximum atomic E-state index is 5.47. The molecule has 34 heavy (non-hydrogen) atoms. The van der Waals surface area contributed by atoms with Gasteiger partial charge in [0.15, 0.2) is 17.1 Å². The number of benzene rings is 2. The average Bonchev–Trinajstić information content (AvgIpc) is 3.21. The Kier molecular flexibility index (Phi) is 10.3. The molecule has 7 heteroatoms. The first-order chi connectivity index (χ1) is 16.5. The Labute approximate surface area is 207 Å². The predicted octanol–water partition coefficient (Wildman–Crippen LogP) is 7.35. The molecule has 0 saturated heterocycles. The van der Waals surface area contributed by atoms with Gasteiger partial charge >= 0.3 is 0 Å². The summed E-state index contributed by atoms with van der Waals surface area (Å²) < 4.78 is 18.4. The summed E-state index contributed by atoms with van der Waals surface area (Å²) in [6.45, 7) is 12.1. The molecule has 2 aromatic carbocycles. The van der Waals surface area contributed by atoms with E-state index in [2.05, 4.69) is 41.4 Å². The molecule has 0 radical (unpaired) electrons. The second-order valence-electron chi connectivity index (χ2n) is 6.88. The van der Waals surface area contributed by atoms with Crippen molar-refractivity contribution in [1.29, 1.82) is 0 Å². The van der Waals surface area contributed by atoms with Crippen molar-refractivity contribution in [2.45, 2.75) is 46.4 Å². The molecule has 0 unspecified atom stereocenters. The highest BCUT2D eigenvalue weighted by Gasteiger charge is 2.17. The lowest BCUT2D eigenvalue weighted by atomic mass is 10.1. The highest BCUT2D eigenvalue weighted by atomic mass is 32.2. The third kappa shape index (κ3) is 5.83. The lowest BCUT2D eigenvalue weighted by molar-refractivity contribution is 0.324. The van der Waals surface area contributed by atoms with E-state index in [4.69, 9.17) is 24.2 Å². The molecule has 0 spiro atoms. The fraction of sp³-hybridized carbons (Fsp3) is 0.333. The number of aryl methyl sites for hydroxylation is 2. The first-order valence-corrected chi connectivity index (χ1v) is 12.2. The summed E-state index contributed by atoms with van der Waals surface area (Å²) in [4.78, 5) is 10.7. The Morgan fingerprint density at radius 2 is 1.41 bits per heavy atom. The second kappa shape index (κ2) is 12.9. The van der Waals surface area contributed by atoms with Crippen molar-refractivity contribution in [3.63, 3.8) is 0 Å². The summed E-state index contributed by atoms with van der Waals surface area (Å²) in [5.41, 5.74) is 5.57. The smallest absolute Gasteiger partial charge is 0.203 e. The fourth-order valence-electron chi connectivity index (χ4n) is 3.26. The Morgan fingerprint density at radius 3 is 1.94 bits per heavy atom. The molecular formula is C27H35N3O3S. The number of ether oxygens (including phenoxy) is 3. The summed E-state index contributed by atoms with van der Waals surface area (Å²) in [6, 6.07) is 12.2. The van der Waals surface area contributed by atoms with Crippen molar-refractivity contribution in [3.8, 4) is 28.5 Å². The van der Waals surface area contributed by atoms with Gasteiger partial charge in [-0.05, 0) is 55.6 Å². The second-order valence-corrected chi connectivity index (χ2v) is 7.93. The van der Waals surface area contributed by atoms with Crippen molar-refractivity contribution < 1.29 is 14.2 Å².